The first-order chi connectivity index (χ1) is 17.1. The lowest BCUT2D eigenvalue weighted by Crippen LogP contribution is -2.52. The molecule has 0 aliphatic rings. The molecule has 35 heavy (non-hydrogen) atoms. The van der Waals surface area contributed by atoms with Gasteiger partial charge < -0.3 is 10.4 Å². The van der Waals surface area contributed by atoms with Gasteiger partial charge in [0.1, 0.15) is 11.5 Å². The van der Waals surface area contributed by atoms with Crippen LogP contribution in [0.4, 0.5) is 0 Å². The largest absolute Gasteiger partial charge is 0.480 e. The number of nitrogens with zero attached hydrogens (tertiary/aromatic N) is 1. The van der Waals surface area contributed by atoms with Gasteiger partial charge in [0.2, 0.25) is 5.91 Å². The monoisotopic (exact) mass is 460 g/mol. The highest BCUT2D eigenvalue weighted by Crippen LogP contribution is 2.39. The summed E-state index contributed by atoms with van der Waals surface area (Å²) in [5, 5.41) is 21.9. The molecule has 5 nitrogen and oxygen atoms in total. The molecule has 0 saturated heterocycles. The molecule has 172 valence electrons. The van der Waals surface area contributed by atoms with Crippen molar-refractivity contribution in [1.29, 1.82) is 5.26 Å². The molecule has 1 atom stereocenters. The Morgan fingerprint density at radius 2 is 1.17 bits per heavy atom. The van der Waals surface area contributed by atoms with Crippen molar-refractivity contribution in [2.24, 2.45) is 0 Å². The van der Waals surface area contributed by atoms with E-state index in [1.165, 1.54) is 0 Å². The minimum atomic E-state index is -1.26. The first-order valence-electron chi connectivity index (χ1n) is 11.2. The minimum absolute atomic E-state index is 0.0846. The average molecular weight is 461 g/mol. The van der Waals surface area contributed by atoms with E-state index >= 15 is 0 Å². The van der Waals surface area contributed by atoms with Gasteiger partial charge in [0, 0.05) is 6.42 Å². The van der Waals surface area contributed by atoms with Crippen LogP contribution in [0.2, 0.25) is 0 Å². The second-order valence-corrected chi connectivity index (χ2v) is 8.23. The Hall–Kier alpha value is -4.69. The van der Waals surface area contributed by atoms with Crippen LogP contribution in [0.15, 0.2) is 115 Å². The molecule has 0 spiro atoms. The summed E-state index contributed by atoms with van der Waals surface area (Å²) in [5.41, 5.74) is 2.14. The van der Waals surface area contributed by atoms with Crippen molar-refractivity contribution in [2.45, 2.75) is 17.9 Å². The fraction of sp³-hybridized carbons (Fsp3) is 0.100. The van der Waals surface area contributed by atoms with Crippen LogP contribution in [0, 0.1) is 11.3 Å². The molecule has 0 radical (unpaired) electrons. The fourth-order valence-electron chi connectivity index (χ4n) is 4.38. The van der Waals surface area contributed by atoms with Crippen LogP contribution >= 0.6 is 0 Å². The lowest BCUT2D eigenvalue weighted by molar-refractivity contribution is -0.142. The van der Waals surface area contributed by atoms with Gasteiger partial charge in [0.25, 0.3) is 0 Å². The summed E-state index contributed by atoms with van der Waals surface area (Å²) >= 11 is 0. The SMILES string of the molecule is N#Cc1ccc(C[C@H](NC(=O)C(c2ccccc2)(c2ccccc2)c2ccccc2)C(=O)O)cc1. The molecule has 4 rings (SSSR count). The van der Waals surface area contributed by atoms with Crippen LogP contribution in [0.5, 0.6) is 0 Å². The van der Waals surface area contributed by atoms with E-state index in [0.29, 0.717) is 11.1 Å². The van der Waals surface area contributed by atoms with Gasteiger partial charge >= 0.3 is 5.97 Å². The minimum Gasteiger partial charge on any atom is -0.480 e. The Morgan fingerprint density at radius 3 is 1.54 bits per heavy atom. The van der Waals surface area contributed by atoms with E-state index < -0.39 is 23.3 Å². The van der Waals surface area contributed by atoms with Crippen LogP contribution in [0.3, 0.4) is 0 Å². The number of benzene rings is 4. The highest BCUT2D eigenvalue weighted by molar-refractivity contribution is 5.98. The maximum atomic E-state index is 14.3. The molecule has 0 aliphatic heterocycles. The van der Waals surface area contributed by atoms with E-state index in [1.54, 1.807) is 24.3 Å². The van der Waals surface area contributed by atoms with Gasteiger partial charge in [0.05, 0.1) is 11.6 Å². The van der Waals surface area contributed by atoms with Crippen molar-refractivity contribution in [2.75, 3.05) is 0 Å². The molecule has 0 bridgehead atoms. The molecule has 0 heterocycles. The van der Waals surface area contributed by atoms with Crippen LogP contribution in [0.25, 0.3) is 0 Å². The van der Waals surface area contributed by atoms with Crippen molar-refractivity contribution in [3.05, 3.63) is 143 Å². The Morgan fingerprint density at radius 1 is 0.743 bits per heavy atom. The quantitative estimate of drug-likeness (QED) is 0.373. The molecule has 0 fully saturated rings. The third-order valence-electron chi connectivity index (χ3n) is 6.09. The van der Waals surface area contributed by atoms with E-state index in [0.717, 1.165) is 16.7 Å². The highest BCUT2D eigenvalue weighted by atomic mass is 16.4. The first kappa shape index (κ1) is 23.5. The van der Waals surface area contributed by atoms with Crippen molar-refractivity contribution in [3.8, 4) is 6.07 Å². The summed E-state index contributed by atoms with van der Waals surface area (Å²) in [6, 6.07) is 35.8. The number of rotatable bonds is 8. The number of hydrogen-bond donors (Lipinski definition) is 2. The zero-order chi connectivity index (χ0) is 24.7. The lowest BCUT2D eigenvalue weighted by atomic mass is 9.68. The Bertz CT molecular complexity index is 1230. The molecule has 0 unspecified atom stereocenters. The number of amides is 1. The number of hydrogen-bond acceptors (Lipinski definition) is 3. The third kappa shape index (κ3) is 4.83. The third-order valence-corrected chi connectivity index (χ3v) is 6.09. The summed E-state index contributed by atoms with van der Waals surface area (Å²) in [6.45, 7) is 0. The van der Waals surface area contributed by atoms with Gasteiger partial charge in [-0.1, -0.05) is 103 Å². The van der Waals surface area contributed by atoms with Crippen LogP contribution in [-0.2, 0) is 21.4 Å². The van der Waals surface area contributed by atoms with Gasteiger partial charge in [-0.25, -0.2) is 4.79 Å². The number of aliphatic carboxylic acids is 1. The summed E-state index contributed by atoms with van der Waals surface area (Å²) in [7, 11) is 0. The lowest BCUT2D eigenvalue weighted by Gasteiger charge is -2.35. The van der Waals surface area contributed by atoms with E-state index in [4.69, 9.17) is 5.26 Å². The predicted octanol–water partition coefficient (Wildman–Crippen LogP) is 4.70. The van der Waals surface area contributed by atoms with Crippen molar-refractivity contribution < 1.29 is 14.7 Å². The average Bonchev–Trinajstić information content (AvgIpc) is 2.91. The number of carbonyl (C=O) groups excluding carboxylic acids is 1. The Kier molecular flexibility index (Phi) is 7.04. The summed E-state index contributed by atoms with van der Waals surface area (Å²) < 4.78 is 0. The number of carboxylic acid groups (broad SMARTS) is 1. The summed E-state index contributed by atoms with van der Waals surface area (Å²) in [6.07, 6.45) is 0.0846. The van der Waals surface area contributed by atoms with Gasteiger partial charge in [-0.3, -0.25) is 4.79 Å². The molecule has 2 N–H and O–H groups in total. The zero-order valence-corrected chi connectivity index (χ0v) is 19.0. The number of nitriles is 1. The van der Waals surface area contributed by atoms with E-state index in [1.807, 2.05) is 91.0 Å². The van der Waals surface area contributed by atoms with E-state index in [-0.39, 0.29) is 6.42 Å². The second-order valence-electron chi connectivity index (χ2n) is 8.23. The van der Waals surface area contributed by atoms with Crippen molar-refractivity contribution >= 4 is 11.9 Å². The molecular weight excluding hydrogens is 436 g/mol. The second kappa shape index (κ2) is 10.5. The molecule has 5 heteroatoms. The molecular formula is C30H24N2O3. The maximum Gasteiger partial charge on any atom is 0.326 e. The first-order valence-corrected chi connectivity index (χ1v) is 11.2. The molecule has 0 aromatic heterocycles. The smallest absolute Gasteiger partial charge is 0.326 e. The zero-order valence-electron chi connectivity index (χ0n) is 19.0. The molecule has 4 aromatic carbocycles. The molecule has 0 saturated carbocycles. The van der Waals surface area contributed by atoms with Gasteiger partial charge in [0.15, 0.2) is 0 Å². The van der Waals surface area contributed by atoms with Crippen LogP contribution in [-0.4, -0.2) is 23.0 Å². The topological polar surface area (TPSA) is 90.2 Å². The fourth-order valence-corrected chi connectivity index (χ4v) is 4.38. The van der Waals surface area contributed by atoms with Gasteiger partial charge in [-0.05, 0) is 34.4 Å². The van der Waals surface area contributed by atoms with Crippen molar-refractivity contribution in [1.82, 2.24) is 5.32 Å². The summed E-state index contributed by atoms with van der Waals surface area (Å²) in [4.78, 5) is 26.5. The molecule has 1 amide bonds. The Balaban J connectivity index is 1.81. The number of carboxylic acids is 1. The van der Waals surface area contributed by atoms with Gasteiger partial charge in [-0.15, -0.1) is 0 Å². The predicted molar refractivity (Wildman–Crippen MR) is 134 cm³/mol. The Labute approximate surface area is 204 Å². The van der Waals surface area contributed by atoms with Crippen LogP contribution < -0.4 is 5.32 Å². The van der Waals surface area contributed by atoms with Crippen LogP contribution in [0.1, 0.15) is 27.8 Å². The number of carbonyl (C=O) groups is 2. The highest BCUT2D eigenvalue weighted by Gasteiger charge is 2.45. The summed E-state index contributed by atoms with van der Waals surface area (Å²) in [5.74, 6) is -1.56. The molecule has 0 aliphatic carbocycles. The standard InChI is InChI=1S/C30H24N2O3/c31-21-23-18-16-22(17-19-23)20-27(28(33)34)32-29(35)30(24-10-4-1-5-11-24,25-12-6-2-7-13-25)26-14-8-3-9-15-26/h1-19,27H,20H2,(H,32,35)(H,33,34)/t27-/m0/s1. The van der Waals surface area contributed by atoms with E-state index in [2.05, 4.69) is 11.4 Å². The number of nitrogens with one attached hydrogen (secondary N) is 1. The van der Waals surface area contributed by atoms with E-state index in [9.17, 15) is 14.7 Å². The molecule has 4 aromatic rings. The maximum absolute atomic E-state index is 14.3. The van der Waals surface area contributed by atoms with Crippen molar-refractivity contribution in [3.63, 3.8) is 0 Å². The normalized spacial score (nSPS) is 11.7. The van der Waals surface area contributed by atoms with Gasteiger partial charge in [-0.2, -0.15) is 5.26 Å².